The molecule has 2 heterocycles. The van der Waals surface area contributed by atoms with Crippen LogP contribution in [0.2, 0.25) is 0 Å². The van der Waals surface area contributed by atoms with Crippen LogP contribution in [0.3, 0.4) is 0 Å². The number of likely N-dealkylation sites (tertiary alicyclic amines) is 1. The zero-order valence-corrected chi connectivity index (χ0v) is 19.2. The highest BCUT2D eigenvalue weighted by molar-refractivity contribution is 6.16. The van der Waals surface area contributed by atoms with Crippen LogP contribution < -0.4 is 16.8 Å². The third kappa shape index (κ3) is 5.32. The molecule has 0 saturated carbocycles. The van der Waals surface area contributed by atoms with E-state index in [0.29, 0.717) is 17.0 Å². The van der Waals surface area contributed by atoms with Gasteiger partial charge in [-0.2, -0.15) is 0 Å². The summed E-state index contributed by atoms with van der Waals surface area (Å²) in [4.78, 5) is 9.93. The van der Waals surface area contributed by atoms with Crippen LogP contribution in [-0.2, 0) is 6.54 Å². The van der Waals surface area contributed by atoms with Crippen LogP contribution in [0.5, 0.6) is 0 Å². The average molecular weight is 444 g/mol. The molecule has 7 heteroatoms. The maximum absolute atomic E-state index is 8.80. The van der Waals surface area contributed by atoms with Crippen molar-refractivity contribution in [3.8, 4) is 0 Å². The van der Waals surface area contributed by atoms with Crippen LogP contribution in [0, 0.1) is 5.41 Å². The lowest BCUT2D eigenvalue weighted by atomic mass is 9.99. The monoisotopic (exact) mass is 443 g/mol. The van der Waals surface area contributed by atoms with Crippen LogP contribution in [0.1, 0.15) is 35.2 Å². The number of hydrogen-bond donors (Lipinski definition) is 5. The zero-order valence-electron chi connectivity index (χ0n) is 19.2. The van der Waals surface area contributed by atoms with E-state index in [4.69, 9.17) is 16.9 Å². The van der Waals surface area contributed by atoms with Crippen LogP contribution in [0.25, 0.3) is 16.5 Å². The number of nitrogen functional groups attached to an aromatic ring is 1. The largest absolute Gasteiger partial charge is 0.404 e. The fraction of sp³-hybridized carbons (Fsp3) is 0.308. The molecule has 33 heavy (non-hydrogen) atoms. The van der Waals surface area contributed by atoms with Gasteiger partial charge in [0.15, 0.2) is 0 Å². The number of aromatic amines is 1. The van der Waals surface area contributed by atoms with Crippen molar-refractivity contribution in [2.75, 3.05) is 39.0 Å². The molecular weight excluding hydrogens is 410 g/mol. The Kier molecular flexibility index (Phi) is 7.22. The highest BCUT2D eigenvalue weighted by atomic mass is 15.1. The quantitative estimate of drug-likeness (QED) is 0.198. The molecule has 1 fully saturated rings. The molecule has 1 aliphatic rings. The number of benzene rings is 2. The fourth-order valence-corrected chi connectivity index (χ4v) is 4.35. The van der Waals surface area contributed by atoms with Gasteiger partial charge in [0, 0.05) is 66.8 Å². The molecule has 1 aromatic heterocycles. The molecule has 7 N–H and O–H groups in total. The van der Waals surface area contributed by atoms with Crippen LogP contribution in [0.15, 0.2) is 53.7 Å². The van der Waals surface area contributed by atoms with Crippen molar-refractivity contribution in [1.82, 2.24) is 15.2 Å². The molecule has 0 spiro atoms. The van der Waals surface area contributed by atoms with Gasteiger partial charge in [-0.05, 0) is 67.4 Å². The van der Waals surface area contributed by atoms with E-state index in [2.05, 4.69) is 38.4 Å². The van der Waals surface area contributed by atoms with Gasteiger partial charge in [-0.3, -0.25) is 10.4 Å². The van der Waals surface area contributed by atoms with Crippen molar-refractivity contribution in [3.05, 3.63) is 71.0 Å². The van der Waals surface area contributed by atoms with Crippen molar-refractivity contribution >= 4 is 34.1 Å². The Morgan fingerprint density at radius 2 is 2.00 bits per heavy atom. The predicted molar refractivity (Wildman–Crippen MR) is 139 cm³/mol. The summed E-state index contributed by atoms with van der Waals surface area (Å²) in [5.74, 6) is 0. The molecule has 0 amide bonds. The van der Waals surface area contributed by atoms with E-state index < -0.39 is 0 Å². The third-order valence-electron chi connectivity index (χ3n) is 6.19. The van der Waals surface area contributed by atoms with Crippen LogP contribution in [0.4, 0.5) is 5.69 Å². The standard InChI is InChI=1S/C26H33N7/c1-30-17-21(15-27)19-5-6-23(28)22(13-19)26(29)25-14-20-12-18(4-7-24(20)32-25)16-31-8-11-33-9-2-3-10-33/h4-7,12-15,17,29,31-32H,2-3,8-11,16,27-28H2,1H3. The maximum atomic E-state index is 8.80. The van der Waals surface area contributed by atoms with Gasteiger partial charge in [-0.25, -0.2) is 0 Å². The number of fused-ring (bicyclic) bond motifs is 1. The van der Waals surface area contributed by atoms with E-state index in [1.165, 1.54) is 37.7 Å². The second-order valence-corrected chi connectivity index (χ2v) is 8.52. The van der Waals surface area contributed by atoms with E-state index in [9.17, 15) is 0 Å². The van der Waals surface area contributed by atoms with Crippen molar-refractivity contribution in [1.29, 1.82) is 5.41 Å². The minimum absolute atomic E-state index is 0.348. The molecule has 0 atom stereocenters. The number of allylic oxidation sites excluding steroid dienone is 1. The summed E-state index contributed by atoms with van der Waals surface area (Å²) < 4.78 is 0. The highest BCUT2D eigenvalue weighted by Crippen LogP contribution is 2.24. The van der Waals surface area contributed by atoms with Crippen LogP contribution in [-0.4, -0.2) is 55.0 Å². The summed E-state index contributed by atoms with van der Waals surface area (Å²) in [5, 5.41) is 13.4. The SMILES string of the molecule is CN=CC(=CN)c1ccc(N)c(C(=N)c2cc3cc(CNCCN4CCCC4)ccc3[nH]2)c1. The number of nitrogens with zero attached hydrogens (tertiary/aromatic N) is 2. The van der Waals surface area contributed by atoms with Crippen LogP contribution >= 0.6 is 0 Å². The van der Waals surface area contributed by atoms with Crippen molar-refractivity contribution in [2.24, 2.45) is 10.7 Å². The number of anilines is 1. The first-order chi connectivity index (χ1) is 16.1. The van der Waals surface area contributed by atoms with E-state index in [1.807, 2.05) is 18.2 Å². The summed E-state index contributed by atoms with van der Waals surface area (Å²) in [6, 6.07) is 14.0. The Morgan fingerprint density at radius 1 is 1.18 bits per heavy atom. The molecule has 1 aliphatic heterocycles. The van der Waals surface area contributed by atoms with Gasteiger partial charge in [-0.1, -0.05) is 12.1 Å². The van der Waals surface area contributed by atoms with Crippen molar-refractivity contribution in [2.45, 2.75) is 19.4 Å². The number of hydrogen-bond acceptors (Lipinski definition) is 6. The predicted octanol–water partition coefficient (Wildman–Crippen LogP) is 3.35. The first-order valence-electron chi connectivity index (χ1n) is 11.5. The molecular formula is C26H33N7. The minimum atomic E-state index is 0.348. The number of rotatable bonds is 9. The zero-order chi connectivity index (χ0) is 23.2. The summed E-state index contributed by atoms with van der Waals surface area (Å²) >= 11 is 0. The molecule has 0 aliphatic carbocycles. The molecule has 7 nitrogen and oxygen atoms in total. The van der Waals surface area contributed by atoms with Crippen molar-refractivity contribution in [3.63, 3.8) is 0 Å². The van der Waals surface area contributed by atoms with Gasteiger partial charge in [0.2, 0.25) is 0 Å². The van der Waals surface area contributed by atoms with E-state index in [1.54, 1.807) is 19.3 Å². The number of nitrogens with one attached hydrogen (secondary N) is 3. The second kappa shape index (κ2) is 10.5. The molecule has 2 aromatic carbocycles. The summed E-state index contributed by atoms with van der Waals surface area (Å²) in [6.45, 7) is 5.41. The Morgan fingerprint density at radius 3 is 2.76 bits per heavy atom. The first-order valence-corrected chi connectivity index (χ1v) is 11.5. The third-order valence-corrected chi connectivity index (χ3v) is 6.19. The van der Waals surface area contributed by atoms with Gasteiger partial charge in [0.1, 0.15) is 0 Å². The molecule has 0 radical (unpaired) electrons. The Balaban J connectivity index is 1.48. The number of aliphatic imine (C=N–C) groups is 1. The molecule has 0 bridgehead atoms. The van der Waals surface area contributed by atoms with E-state index in [-0.39, 0.29) is 0 Å². The lowest BCUT2D eigenvalue weighted by molar-refractivity contribution is 0.335. The van der Waals surface area contributed by atoms with Gasteiger partial charge < -0.3 is 26.7 Å². The van der Waals surface area contributed by atoms with Gasteiger partial charge in [-0.15, -0.1) is 0 Å². The van der Waals surface area contributed by atoms with Gasteiger partial charge >= 0.3 is 0 Å². The Labute approximate surface area is 195 Å². The molecule has 1 saturated heterocycles. The van der Waals surface area contributed by atoms with E-state index in [0.717, 1.165) is 47.4 Å². The van der Waals surface area contributed by atoms with Gasteiger partial charge in [0.05, 0.1) is 11.4 Å². The first kappa shape index (κ1) is 22.8. The average Bonchev–Trinajstić information content (AvgIpc) is 3.50. The highest BCUT2D eigenvalue weighted by Gasteiger charge is 2.14. The molecule has 3 aromatic rings. The number of aromatic nitrogens is 1. The minimum Gasteiger partial charge on any atom is -0.404 e. The maximum Gasteiger partial charge on any atom is 0.0868 e. The van der Waals surface area contributed by atoms with Crippen molar-refractivity contribution < 1.29 is 0 Å². The van der Waals surface area contributed by atoms with E-state index >= 15 is 0 Å². The smallest absolute Gasteiger partial charge is 0.0868 e. The molecule has 4 rings (SSSR count). The lowest BCUT2D eigenvalue weighted by Crippen LogP contribution is -2.29. The Bertz CT molecular complexity index is 1180. The van der Waals surface area contributed by atoms with Gasteiger partial charge in [0.25, 0.3) is 0 Å². The number of nitrogens with two attached hydrogens (primary N) is 2. The lowest BCUT2D eigenvalue weighted by Gasteiger charge is -2.14. The second-order valence-electron chi connectivity index (χ2n) is 8.52. The molecule has 0 unspecified atom stereocenters. The summed E-state index contributed by atoms with van der Waals surface area (Å²) in [7, 11) is 1.70. The Hall–Kier alpha value is -3.42. The topological polar surface area (TPSA) is 119 Å². The molecule has 172 valence electrons. The summed E-state index contributed by atoms with van der Waals surface area (Å²) in [6.07, 6.45) is 5.86. The summed E-state index contributed by atoms with van der Waals surface area (Å²) in [5.41, 5.74) is 18.2. The fourth-order valence-electron chi connectivity index (χ4n) is 4.35. The normalized spacial score (nSPS) is 15.1. The number of H-pyrrole nitrogens is 1.